The molecule has 0 aliphatic rings. The van der Waals surface area contributed by atoms with Crippen molar-refractivity contribution in [2.45, 2.75) is 33.0 Å². The molecule has 0 unspecified atom stereocenters. The van der Waals surface area contributed by atoms with Crippen LogP contribution in [-0.4, -0.2) is 60.4 Å². The summed E-state index contributed by atoms with van der Waals surface area (Å²) < 4.78 is 38.1. The molecule has 0 aliphatic carbocycles. The van der Waals surface area contributed by atoms with E-state index >= 15 is 0 Å². The summed E-state index contributed by atoms with van der Waals surface area (Å²) in [7, 11) is 1.65. The number of carbonyl (C=O) groups excluding carboxylic acids is 1. The molecule has 0 bridgehead atoms. The van der Waals surface area contributed by atoms with Gasteiger partial charge >= 0.3 is 6.18 Å². The van der Waals surface area contributed by atoms with Gasteiger partial charge < -0.3 is 10.2 Å². The van der Waals surface area contributed by atoms with Gasteiger partial charge in [0.15, 0.2) is 5.69 Å². The predicted molar refractivity (Wildman–Crippen MR) is 110 cm³/mol. The van der Waals surface area contributed by atoms with E-state index in [1.165, 1.54) is 22.1 Å². The Morgan fingerprint density at radius 2 is 1.78 bits per heavy atom. The van der Waals surface area contributed by atoms with E-state index in [0.717, 1.165) is 0 Å². The topological polar surface area (TPSA) is 102 Å². The zero-order valence-electron chi connectivity index (χ0n) is 18.0. The number of aryl methyl sites for hydroxylation is 1. The lowest BCUT2D eigenvalue weighted by atomic mass is 10.0. The average molecular weight is 448 g/mol. The van der Waals surface area contributed by atoms with E-state index in [-0.39, 0.29) is 36.1 Å². The number of alkyl halides is 3. The molecule has 3 rings (SSSR count). The molecule has 3 aromatic rings. The van der Waals surface area contributed by atoms with Gasteiger partial charge in [-0.3, -0.25) is 4.79 Å². The summed E-state index contributed by atoms with van der Waals surface area (Å²) in [5, 5.41) is 11.1. The molecule has 0 aromatic carbocycles. The van der Waals surface area contributed by atoms with Crippen LogP contribution in [0.3, 0.4) is 0 Å². The van der Waals surface area contributed by atoms with Gasteiger partial charge in [-0.1, -0.05) is 13.8 Å². The molecule has 170 valence electrons. The van der Waals surface area contributed by atoms with Crippen LogP contribution in [0.1, 0.15) is 35.6 Å². The number of nitrogens with one attached hydrogen (secondary N) is 1. The Morgan fingerprint density at radius 3 is 2.34 bits per heavy atom. The van der Waals surface area contributed by atoms with E-state index in [1.54, 1.807) is 26.1 Å². The summed E-state index contributed by atoms with van der Waals surface area (Å²) >= 11 is 0. The maximum absolute atomic E-state index is 13.3. The van der Waals surface area contributed by atoms with Crippen LogP contribution in [0.5, 0.6) is 0 Å². The highest BCUT2D eigenvalue weighted by Gasteiger charge is 2.31. The molecule has 0 aliphatic heterocycles. The second kappa shape index (κ2) is 9.28. The van der Waals surface area contributed by atoms with Crippen molar-refractivity contribution in [3.8, 4) is 5.69 Å². The van der Waals surface area contributed by atoms with Gasteiger partial charge in [-0.2, -0.15) is 23.4 Å². The van der Waals surface area contributed by atoms with Gasteiger partial charge in [0.2, 0.25) is 5.95 Å². The summed E-state index contributed by atoms with van der Waals surface area (Å²) in [6, 6.07) is 3.16. The molecule has 3 heterocycles. The maximum Gasteiger partial charge on any atom is 0.419 e. The van der Waals surface area contributed by atoms with Crippen molar-refractivity contribution in [3.63, 3.8) is 0 Å². The number of aromatic nitrogens is 6. The highest BCUT2D eigenvalue weighted by molar-refractivity contribution is 5.95. The first-order valence-corrected chi connectivity index (χ1v) is 9.82. The first-order valence-electron chi connectivity index (χ1n) is 9.82. The lowest BCUT2D eigenvalue weighted by Gasteiger charge is -2.31. The number of hydrogen-bond donors (Lipinski definition) is 1. The van der Waals surface area contributed by atoms with Crippen LogP contribution in [0.15, 0.2) is 36.9 Å². The zero-order chi connectivity index (χ0) is 23.5. The Kier molecular flexibility index (Phi) is 6.70. The van der Waals surface area contributed by atoms with E-state index in [2.05, 4.69) is 30.5 Å². The lowest BCUT2D eigenvalue weighted by Crippen LogP contribution is -2.45. The second-order valence-electron chi connectivity index (χ2n) is 7.54. The number of anilines is 1. The predicted octanol–water partition coefficient (Wildman–Crippen LogP) is 2.99. The summed E-state index contributed by atoms with van der Waals surface area (Å²) in [6.07, 6.45) is -0.0672. The van der Waals surface area contributed by atoms with Crippen LogP contribution < -0.4 is 5.32 Å². The number of likely N-dealkylation sites (N-methyl/N-ethyl adjacent to an activating group) is 1. The normalized spacial score (nSPS) is 12.6. The smallest absolute Gasteiger partial charge is 0.352 e. The SMILES string of the molecule is Cc1ccc(-n2nccn2)c(C(=O)N(C)[C@H](CNc2ncc(C(F)(F)F)cn2)C(C)C)n1. The molecule has 32 heavy (non-hydrogen) atoms. The average Bonchev–Trinajstić information content (AvgIpc) is 3.27. The minimum absolute atomic E-state index is 0.0157. The minimum atomic E-state index is -4.51. The Morgan fingerprint density at radius 1 is 1.16 bits per heavy atom. The number of hydrogen-bond acceptors (Lipinski definition) is 7. The summed E-state index contributed by atoms with van der Waals surface area (Å²) in [5.41, 5.74) is 0.371. The number of pyridine rings is 1. The minimum Gasteiger partial charge on any atom is -0.352 e. The third-order valence-electron chi connectivity index (χ3n) is 4.89. The number of amides is 1. The first kappa shape index (κ1) is 23.1. The van der Waals surface area contributed by atoms with E-state index in [1.807, 2.05) is 13.8 Å². The van der Waals surface area contributed by atoms with Crippen LogP contribution in [0.4, 0.5) is 19.1 Å². The van der Waals surface area contributed by atoms with Crippen molar-refractivity contribution in [1.29, 1.82) is 0 Å². The largest absolute Gasteiger partial charge is 0.419 e. The fourth-order valence-electron chi connectivity index (χ4n) is 3.11. The van der Waals surface area contributed by atoms with Crippen molar-refractivity contribution >= 4 is 11.9 Å². The Hall–Kier alpha value is -3.57. The standard InChI is InChI=1S/C20H23F3N8O/c1-12(2)16(11-26-19-24-9-14(10-25-19)20(21,22)23)30(4)18(32)17-15(6-5-13(3)29-17)31-27-7-8-28-31/h5-10,12,16H,11H2,1-4H3,(H,24,25,26)/t16-/m1/s1. The second-order valence-corrected chi connectivity index (χ2v) is 7.54. The quantitative estimate of drug-likeness (QED) is 0.593. The first-order chi connectivity index (χ1) is 15.1. The number of carbonyl (C=O) groups is 1. The van der Waals surface area contributed by atoms with Gasteiger partial charge in [0, 0.05) is 31.7 Å². The third kappa shape index (κ3) is 5.18. The number of halogens is 3. The van der Waals surface area contributed by atoms with E-state index in [9.17, 15) is 18.0 Å². The summed E-state index contributed by atoms with van der Waals surface area (Å²) in [4.78, 5) is 28.0. The molecule has 1 N–H and O–H groups in total. The van der Waals surface area contributed by atoms with E-state index < -0.39 is 11.7 Å². The van der Waals surface area contributed by atoms with Crippen LogP contribution in [0, 0.1) is 12.8 Å². The van der Waals surface area contributed by atoms with E-state index in [4.69, 9.17) is 0 Å². The third-order valence-corrected chi connectivity index (χ3v) is 4.89. The maximum atomic E-state index is 13.3. The lowest BCUT2D eigenvalue weighted by molar-refractivity contribution is -0.138. The molecule has 0 saturated carbocycles. The van der Waals surface area contributed by atoms with Gasteiger partial charge in [0.1, 0.15) is 5.69 Å². The van der Waals surface area contributed by atoms with Crippen molar-refractivity contribution in [2.24, 2.45) is 5.92 Å². The van der Waals surface area contributed by atoms with Gasteiger partial charge in [-0.15, -0.1) is 4.80 Å². The fourth-order valence-corrected chi connectivity index (χ4v) is 3.11. The van der Waals surface area contributed by atoms with Gasteiger partial charge in [0.05, 0.1) is 24.0 Å². The molecule has 0 fully saturated rings. The monoisotopic (exact) mass is 448 g/mol. The zero-order valence-corrected chi connectivity index (χ0v) is 18.0. The van der Waals surface area contributed by atoms with Crippen molar-refractivity contribution in [1.82, 2.24) is 34.8 Å². The number of rotatable bonds is 7. The fraction of sp³-hybridized carbons (Fsp3) is 0.400. The van der Waals surface area contributed by atoms with Gasteiger partial charge in [-0.25, -0.2) is 15.0 Å². The van der Waals surface area contributed by atoms with Crippen LogP contribution in [0.25, 0.3) is 5.69 Å². The molecule has 0 radical (unpaired) electrons. The summed E-state index contributed by atoms with van der Waals surface area (Å²) in [5.74, 6) is -0.281. The molecule has 1 amide bonds. The molecular weight excluding hydrogens is 425 g/mol. The Bertz CT molecular complexity index is 1050. The molecule has 1 atom stereocenters. The molecule has 0 spiro atoms. The van der Waals surface area contributed by atoms with Crippen LogP contribution >= 0.6 is 0 Å². The van der Waals surface area contributed by atoms with Gasteiger partial charge in [-0.05, 0) is 25.0 Å². The van der Waals surface area contributed by atoms with Crippen molar-refractivity contribution < 1.29 is 18.0 Å². The molecule has 9 nitrogen and oxygen atoms in total. The van der Waals surface area contributed by atoms with Gasteiger partial charge in [0.25, 0.3) is 5.91 Å². The van der Waals surface area contributed by atoms with Crippen LogP contribution in [-0.2, 0) is 6.18 Å². The van der Waals surface area contributed by atoms with Crippen LogP contribution in [0.2, 0.25) is 0 Å². The number of nitrogens with zero attached hydrogens (tertiary/aromatic N) is 7. The molecule has 0 saturated heterocycles. The molecular formula is C20H23F3N8O. The van der Waals surface area contributed by atoms with Crippen molar-refractivity contribution in [3.05, 3.63) is 53.9 Å². The van der Waals surface area contributed by atoms with Crippen molar-refractivity contribution in [2.75, 3.05) is 18.9 Å². The highest BCUT2D eigenvalue weighted by Crippen LogP contribution is 2.28. The molecule has 12 heteroatoms. The highest BCUT2D eigenvalue weighted by atomic mass is 19.4. The molecule has 3 aromatic heterocycles. The summed E-state index contributed by atoms with van der Waals surface area (Å²) in [6.45, 7) is 5.87. The van der Waals surface area contributed by atoms with E-state index in [0.29, 0.717) is 23.8 Å². The Balaban J connectivity index is 1.79. The Labute approximate surface area is 182 Å².